The summed E-state index contributed by atoms with van der Waals surface area (Å²) in [4.78, 5) is 36.2. The fraction of sp³-hybridized carbons (Fsp3) is 0.292. The minimum atomic E-state index is -1.19. The number of aliphatic carboxylic acids is 1. The maximum Gasteiger partial charge on any atom is 0.336 e. The lowest BCUT2D eigenvalue weighted by molar-refractivity contribution is -0.143. The normalized spacial score (nSPS) is 12.9. The van der Waals surface area contributed by atoms with E-state index in [1.807, 2.05) is 6.92 Å². The number of hydrogen-bond donors (Lipinski definition) is 2. The van der Waals surface area contributed by atoms with Gasteiger partial charge in [0.05, 0.1) is 0 Å². The van der Waals surface area contributed by atoms with Crippen molar-refractivity contribution in [1.29, 1.82) is 0 Å². The van der Waals surface area contributed by atoms with Gasteiger partial charge >= 0.3 is 11.6 Å². The topological polar surface area (TPSA) is 106 Å². The average Bonchev–Trinajstić information content (AvgIpc) is 2.74. The fourth-order valence-corrected chi connectivity index (χ4v) is 3.45. The Kier molecular flexibility index (Phi) is 6.74. The van der Waals surface area contributed by atoms with E-state index >= 15 is 0 Å². The van der Waals surface area contributed by atoms with Crippen LogP contribution < -0.4 is 15.7 Å². The number of carboxylic acid groups (broad SMARTS) is 1. The van der Waals surface area contributed by atoms with Crippen LogP contribution in [0.4, 0.5) is 0 Å². The van der Waals surface area contributed by atoms with Crippen molar-refractivity contribution < 1.29 is 23.8 Å². The molecule has 1 aromatic heterocycles. The second-order valence-corrected chi connectivity index (χ2v) is 7.36. The number of carboxylic acids is 1. The molecule has 3 aromatic rings. The van der Waals surface area contributed by atoms with Crippen LogP contribution in [0.15, 0.2) is 57.7 Å². The summed E-state index contributed by atoms with van der Waals surface area (Å²) < 4.78 is 11.2. The first-order valence-corrected chi connectivity index (χ1v) is 10.1. The molecule has 1 amide bonds. The van der Waals surface area contributed by atoms with Crippen LogP contribution in [0.1, 0.15) is 43.0 Å². The molecule has 0 radical (unpaired) electrons. The SMILES string of the molecule is CCCc1cc(=O)oc2c(C)c(OC(C)C(=O)N[C@H](C(=O)O)c3ccccc3)ccc12. The summed E-state index contributed by atoms with van der Waals surface area (Å²) in [6.07, 6.45) is 0.669. The van der Waals surface area contributed by atoms with Gasteiger partial charge in [-0.1, -0.05) is 43.7 Å². The summed E-state index contributed by atoms with van der Waals surface area (Å²) in [5, 5.41) is 12.8. The van der Waals surface area contributed by atoms with Gasteiger partial charge in [0, 0.05) is 17.0 Å². The second kappa shape index (κ2) is 9.47. The summed E-state index contributed by atoms with van der Waals surface area (Å²) in [6.45, 7) is 5.32. The molecule has 31 heavy (non-hydrogen) atoms. The Labute approximate surface area is 179 Å². The first-order chi connectivity index (χ1) is 14.8. The molecule has 2 aromatic carbocycles. The van der Waals surface area contributed by atoms with Crippen LogP contribution in [0.3, 0.4) is 0 Å². The van der Waals surface area contributed by atoms with E-state index in [0.717, 1.165) is 23.8 Å². The number of carbonyl (C=O) groups excluding carboxylic acids is 1. The highest BCUT2D eigenvalue weighted by Gasteiger charge is 2.26. The van der Waals surface area contributed by atoms with E-state index in [1.54, 1.807) is 49.4 Å². The van der Waals surface area contributed by atoms with Gasteiger partial charge < -0.3 is 19.6 Å². The van der Waals surface area contributed by atoms with Gasteiger partial charge in [-0.2, -0.15) is 0 Å². The summed E-state index contributed by atoms with van der Waals surface area (Å²) >= 11 is 0. The molecule has 162 valence electrons. The Morgan fingerprint density at radius 2 is 1.87 bits per heavy atom. The number of rotatable bonds is 8. The van der Waals surface area contributed by atoms with Crippen LogP contribution in [0.2, 0.25) is 0 Å². The van der Waals surface area contributed by atoms with Gasteiger partial charge in [0.1, 0.15) is 11.3 Å². The van der Waals surface area contributed by atoms with Crippen LogP contribution in [0, 0.1) is 6.92 Å². The van der Waals surface area contributed by atoms with Crippen molar-refractivity contribution in [3.05, 3.63) is 75.6 Å². The number of fused-ring (bicyclic) bond motifs is 1. The molecule has 0 aliphatic rings. The van der Waals surface area contributed by atoms with Gasteiger partial charge in [0.2, 0.25) is 0 Å². The van der Waals surface area contributed by atoms with Gasteiger partial charge in [-0.15, -0.1) is 0 Å². The van der Waals surface area contributed by atoms with Gasteiger partial charge in [0.25, 0.3) is 5.91 Å². The zero-order valence-corrected chi connectivity index (χ0v) is 17.7. The molecule has 0 fully saturated rings. The number of hydrogen-bond acceptors (Lipinski definition) is 5. The minimum absolute atomic E-state index is 0.388. The highest BCUT2D eigenvalue weighted by molar-refractivity contribution is 5.88. The third kappa shape index (κ3) is 4.94. The monoisotopic (exact) mass is 423 g/mol. The van der Waals surface area contributed by atoms with E-state index in [2.05, 4.69) is 5.32 Å². The zero-order chi connectivity index (χ0) is 22.5. The molecule has 1 unspecified atom stereocenters. The maximum atomic E-state index is 12.6. The Morgan fingerprint density at radius 3 is 2.52 bits per heavy atom. The van der Waals surface area contributed by atoms with Crippen LogP contribution in [0.25, 0.3) is 11.0 Å². The molecule has 0 spiro atoms. The Hall–Kier alpha value is -3.61. The van der Waals surface area contributed by atoms with E-state index < -0.39 is 29.6 Å². The van der Waals surface area contributed by atoms with E-state index in [-0.39, 0.29) is 0 Å². The molecule has 7 nitrogen and oxygen atoms in total. The number of nitrogens with one attached hydrogen (secondary N) is 1. The van der Waals surface area contributed by atoms with Gasteiger partial charge in [-0.3, -0.25) is 4.79 Å². The molecule has 3 rings (SSSR count). The van der Waals surface area contributed by atoms with Crippen molar-refractivity contribution >= 4 is 22.8 Å². The Morgan fingerprint density at radius 1 is 1.16 bits per heavy atom. The third-order valence-corrected chi connectivity index (χ3v) is 5.06. The lowest BCUT2D eigenvalue weighted by Crippen LogP contribution is -2.41. The van der Waals surface area contributed by atoms with E-state index in [4.69, 9.17) is 9.15 Å². The predicted molar refractivity (Wildman–Crippen MR) is 116 cm³/mol. The highest BCUT2D eigenvalue weighted by atomic mass is 16.5. The number of carbonyl (C=O) groups is 2. The summed E-state index contributed by atoms with van der Waals surface area (Å²) in [5.41, 5.74) is 1.96. The summed E-state index contributed by atoms with van der Waals surface area (Å²) in [6, 6.07) is 12.3. The van der Waals surface area contributed by atoms with Crippen LogP contribution >= 0.6 is 0 Å². The van der Waals surface area contributed by atoms with Crippen molar-refractivity contribution in [2.45, 2.75) is 45.8 Å². The van der Waals surface area contributed by atoms with Gasteiger partial charge in [-0.25, -0.2) is 9.59 Å². The molecule has 0 saturated heterocycles. The summed E-state index contributed by atoms with van der Waals surface area (Å²) in [5.74, 6) is -1.35. The van der Waals surface area contributed by atoms with Crippen molar-refractivity contribution in [3.8, 4) is 5.75 Å². The quantitative estimate of drug-likeness (QED) is 0.535. The number of ether oxygens (including phenoxy) is 1. The zero-order valence-electron chi connectivity index (χ0n) is 17.7. The minimum Gasteiger partial charge on any atom is -0.480 e. The number of amides is 1. The van der Waals surface area contributed by atoms with Crippen LogP contribution in [-0.2, 0) is 16.0 Å². The Bertz CT molecular complexity index is 1150. The van der Waals surface area contributed by atoms with Crippen LogP contribution in [-0.4, -0.2) is 23.1 Å². The second-order valence-electron chi connectivity index (χ2n) is 7.36. The van der Waals surface area contributed by atoms with Gasteiger partial charge in [0.15, 0.2) is 12.1 Å². The van der Waals surface area contributed by atoms with Crippen molar-refractivity contribution in [2.24, 2.45) is 0 Å². The maximum absolute atomic E-state index is 12.6. The summed E-state index contributed by atoms with van der Waals surface area (Å²) in [7, 11) is 0. The first-order valence-electron chi connectivity index (χ1n) is 10.1. The van der Waals surface area contributed by atoms with Crippen molar-refractivity contribution in [1.82, 2.24) is 5.32 Å². The molecule has 0 aliphatic carbocycles. The molecule has 2 atom stereocenters. The molecule has 0 bridgehead atoms. The fourth-order valence-electron chi connectivity index (χ4n) is 3.45. The van der Waals surface area contributed by atoms with Crippen molar-refractivity contribution in [3.63, 3.8) is 0 Å². The molecular formula is C24H25NO6. The van der Waals surface area contributed by atoms with E-state index in [0.29, 0.717) is 22.5 Å². The third-order valence-electron chi connectivity index (χ3n) is 5.06. The number of aryl methyl sites for hydroxylation is 2. The largest absolute Gasteiger partial charge is 0.480 e. The van der Waals surface area contributed by atoms with Crippen LogP contribution in [0.5, 0.6) is 5.75 Å². The standard InChI is InChI=1S/C24H25NO6/c1-4-8-17-13-20(26)31-22-14(2)19(12-11-18(17)22)30-15(3)23(27)25-21(24(28)29)16-9-6-5-7-10-16/h5-7,9-13,15,21H,4,8H2,1-3H3,(H,25,27)(H,28,29)/t15?,21-/m0/s1. The predicted octanol–water partition coefficient (Wildman–Crippen LogP) is 3.76. The molecule has 2 N–H and O–H groups in total. The lowest BCUT2D eigenvalue weighted by atomic mass is 10.0. The molecular weight excluding hydrogens is 398 g/mol. The first kappa shape index (κ1) is 22.1. The Balaban J connectivity index is 1.83. The molecule has 7 heteroatoms. The molecule has 0 saturated carbocycles. The lowest BCUT2D eigenvalue weighted by Gasteiger charge is -2.20. The van der Waals surface area contributed by atoms with Crippen molar-refractivity contribution in [2.75, 3.05) is 0 Å². The highest BCUT2D eigenvalue weighted by Crippen LogP contribution is 2.29. The molecule has 1 heterocycles. The average molecular weight is 423 g/mol. The molecule has 0 aliphatic heterocycles. The van der Waals surface area contributed by atoms with E-state index in [9.17, 15) is 19.5 Å². The van der Waals surface area contributed by atoms with E-state index in [1.165, 1.54) is 13.0 Å². The number of benzene rings is 2. The smallest absolute Gasteiger partial charge is 0.336 e. The van der Waals surface area contributed by atoms with Gasteiger partial charge in [-0.05, 0) is 43.5 Å².